The van der Waals surface area contributed by atoms with Gasteiger partial charge in [0.15, 0.2) is 0 Å². The third kappa shape index (κ3) is 3.27. The average Bonchev–Trinajstić information content (AvgIpc) is 2.36. The molecule has 0 aliphatic heterocycles. The SMILES string of the molecule is CCc1ccc(C(=O)N(C)C(C)C(N)=S)cc1. The summed E-state index contributed by atoms with van der Waals surface area (Å²) in [6.07, 6.45) is 0.966. The van der Waals surface area contributed by atoms with E-state index >= 15 is 0 Å². The Balaban J connectivity index is 2.85. The summed E-state index contributed by atoms with van der Waals surface area (Å²) < 4.78 is 0. The van der Waals surface area contributed by atoms with Crippen LogP contribution >= 0.6 is 12.2 Å². The fourth-order valence-electron chi connectivity index (χ4n) is 1.45. The van der Waals surface area contributed by atoms with E-state index in [9.17, 15) is 4.79 Å². The van der Waals surface area contributed by atoms with Gasteiger partial charge in [0.1, 0.15) is 0 Å². The molecule has 1 rings (SSSR count). The van der Waals surface area contributed by atoms with Crippen molar-refractivity contribution in [1.29, 1.82) is 0 Å². The molecule has 0 saturated heterocycles. The minimum Gasteiger partial charge on any atom is -0.392 e. The van der Waals surface area contributed by atoms with Crippen LogP contribution < -0.4 is 5.73 Å². The van der Waals surface area contributed by atoms with Crippen molar-refractivity contribution < 1.29 is 4.79 Å². The van der Waals surface area contributed by atoms with Crippen molar-refractivity contribution in [2.75, 3.05) is 7.05 Å². The molecule has 1 unspecified atom stereocenters. The summed E-state index contributed by atoms with van der Waals surface area (Å²) in [6.45, 7) is 3.90. The smallest absolute Gasteiger partial charge is 0.254 e. The normalized spacial score (nSPS) is 11.9. The van der Waals surface area contributed by atoms with Crippen LogP contribution in [0.25, 0.3) is 0 Å². The van der Waals surface area contributed by atoms with Crippen LogP contribution in [0.15, 0.2) is 24.3 Å². The molecule has 0 aliphatic carbocycles. The van der Waals surface area contributed by atoms with Crippen LogP contribution in [0.5, 0.6) is 0 Å². The number of rotatable bonds is 4. The largest absolute Gasteiger partial charge is 0.392 e. The van der Waals surface area contributed by atoms with E-state index in [1.165, 1.54) is 5.56 Å². The number of hydrogen-bond donors (Lipinski definition) is 1. The molecular weight excluding hydrogens is 232 g/mol. The van der Waals surface area contributed by atoms with Crippen LogP contribution in [0, 0.1) is 0 Å². The maximum atomic E-state index is 12.1. The molecule has 0 bridgehead atoms. The van der Waals surface area contributed by atoms with Crippen LogP contribution in [0.4, 0.5) is 0 Å². The third-order valence-electron chi connectivity index (χ3n) is 2.92. The summed E-state index contributed by atoms with van der Waals surface area (Å²) in [5.74, 6) is -0.0621. The summed E-state index contributed by atoms with van der Waals surface area (Å²) in [5.41, 5.74) is 7.41. The first kappa shape index (κ1) is 13.6. The standard InChI is InChI=1S/C13H18N2OS/c1-4-10-5-7-11(8-6-10)13(16)15(3)9(2)12(14)17/h5-9H,4H2,1-3H3,(H2,14,17). The quantitative estimate of drug-likeness (QED) is 0.831. The van der Waals surface area contributed by atoms with Gasteiger partial charge < -0.3 is 10.6 Å². The van der Waals surface area contributed by atoms with Crippen LogP contribution in [-0.4, -0.2) is 28.9 Å². The van der Waals surface area contributed by atoms with E-state index in [-0.39, 0.29) is 11.9 Å². The lowest BCUT2D eigenvalue weighted by molar-refractivity contribution is 0.0779. The zero-order valence-electron chi connectivity index (χ0n) is 10.4. The maximum absolute atomic E-state index is 12.1. The molecule has 4 heteroatoms. The number of aryl methyl sites for hydroxylation is 1. The Morgan fingerprint density at radius 3 is 2.35 bits per heavy atom. The average molecular weight is 250 g/mol. The number of carbonyl (C=O) groups is 1. The molecule has 1 aromatic rings. The lowest BCUT2D eigenvalue weighted by atomic mass is 10.1. The van der Waals surface area contributed by atoms with Gasteiger partial charge in [-0.05, 0) is 31.0 Å². The lowest BCUT2D eigenvalue weighted by Crippen LogP contribution is -2.42. The minimum atomic E-state index is -0.233. The number of likely N-dealkylation sites (N-methyl/N-ethyl adjacent to an activating group) is 1. The van der Waals surface area contributed by atoms with E-state index in [1.807, 2.05) is 31.2 Å². The summed E-state index contributed by atoms with van der Waals surface area (Å²) >= 11 is 4.89. The van der Waals surface area contributed by atoms with E-state index in [1.54, 1.807) is 11.9 Å². The highest BCUT2D eigenvalue weighted by molar-refractivity contribution is 7.80. The van der Waals surface area contributed by atoms with E-state index in [2.05, 4.69) is 6.92 Å². The van der Waals surface area contributed by atoms with E-state index in [0.29, 0.717) is 10.6 Å². The van der Waals surface area contributed by atoms with Crippen molar-refractivity contribution in [3.8, 4) is 0 Å². The maximum Gasteiger partial charge on any atom is 0.254 e. The van der Waals surface area contributed by atoms with Gasteiger partial charge in [-0.1, -0.05) is 31.3 Å². The lowest BCUT2D eigenvalue weighted by Gasteiger charge is -2.24. The molecule has 92 valence electrons. The number of thiocarbonyl (C=S) groups is 1. The summed E-state index contributed by atoms with van der Waals surface area (Å²) in [5, 5.41) is 0. The molecule has 0 heterocycles. The molecule has 0 fully saturated rings. The van der Waals surface area contributed by atoms with Crippen molar-refractivity contribution in [2.24, 2.45) is 5.73 Å². The molecule has 0 saturated carbocycles. The third-order valence-corrected chi connectivity index (χ3v) is 3.26. The van der Waals surface area contributed by atoms with Crippen LogP contribution in [0.1, 0.15) is 29.8 Å². The van der Waals surface area contributed by atoms with Gasteiger partial charge in [-0.3, -0.25) is 4.79 Å². The first-order chi connectivity index (χ1) is 7.97. The minimum absolute atomic E-state index is 0.0621. The topological polar surface area (TPSA) is 46.3 Å². The highest BCUT2D eigenvalue weighted by Crippen LogP contribution is 2.09. The Morgan fingerprint density at radius 1 is 1.41 bits per heavy atom. The Labute approximate surface area is 108 Å². The van der Waals surface area contributed by atoms with Crippen molar-refractivity contribution >= 4 is 23.1 Å². The van der Waals surface area contributed by atoms with Crippen LogP contribution in [0.3, 0.4) is 0 Å². The Kier molecular flexibility index (Phi) is 4.63. The number of carbonyl (C=O) groups excluding carboxylic acids is 1. The molecule has 2 N–H and O–H groups in total. The van der Waals surface area contributed by atoms with Gasteiger partial charge >= 0.3 is 0 Å². The van der Waals surface area contributed by atoms with Gasteiger partial charge in [-0.2, -0.15) is 0 Å². The Hall–Kier alpha value is -1.42. The van der Waals surface area contributed by atoms with Gasteiger partial charge in [0, 0.05) is 12.6 Å². The number of benzene rings is 1. The Morgan fingerprint density at radius 2 is 1.94 bits per heavy atom. The monoisotopic (exact) mass is 250 g/mol. The molecule has 1 atom stereocenters. The molecule has 0 radical (unpaired) electrons. The summed E-state index contributed by atoms with van der Waals surface area (Å²) in [6, 6.07) is 7.37. The second-order valence-electron chi connectivity index (χ2n) is 4.04. The molecule has 0 spiro atoms. The summed E-state index contributed by atoms with van der Waals surface area (Å²) in [4.78, 5) is 14.0. The van der Waals surface area contributed by atoms with Gasteiger partial charge in [0.25, 0.3) is 5.91 Å². The zero-order valence-corrected chi connectivity index (χ0v) is 11.3. The predicted octanol–water partition coefficient (Wildman–Crippen LogP) is 2.00. The van der Waals surface area contributed by atoms with Gasteiger partial charge in [0.2, 0.25) is 0 Å². The van der Waals surface area contributed by atoms with Crippen molar-refractivity contribution in [1.82, 2.24) is 4.90 Å². The van der Waals surface area contributed by atoms with Gasteiger partial charge in [-0.25, -0.2) is 0 Å². The Bertz CT molecular complexity index is 414. The van der Waals surface area contributed by atoms with E-state index in [4.69, 9.17) is 18.0 Å². The summed E-state index contributed by atoms with van der Waals surface area (Å²) in [7, 11) is 1.71. The molecule has 0 aromatic heterocycles. The van der Waals surface area contributed by atoms with E-state index < -0.39 is 0 Å². The van der Waals surface area contributed by atoms with E-state index in [0.717, 1.165) is 6.42 Å². The molecule has 3 nitrogen and oxygen atoms in total. The van der Waals surface area contributed by atoms with Crippen molar-refractivity contribution in [3.63, 3.8) is 0 Å². The second-order valence-corrected chi connectivity index (χ2v) is 4.52. The molecule has 0 aliphatic rings. The first-order valence-corrected chi connectivity index (χ1v) is 6.03. The molecule has 17 heavy (non-hydrogen) atoms. The number of nitrogens with zero attached hydrogens (tertiary/aromatic N) is 1. The molecule has 1 aromatic carbocycles. The highest BCUT2D eigenvalue weighted by atomic mass is 32.1. The van der Waals surface area contributed by atoms with Crippen LogP contribution in [0.2, 0.25) is 0 Å². The van der Waals surface area contributed by atoms with Crippen molar-refractivity contribution in [2.45, 2.75) is 26.3 Å². The number of nitrogens with two attached hydrogens (primary N) is 1. The first-order valence-electron chi connectivity index (χ1n) is 5.62. The van der Waals surface area contributed by atoms with Gasteiger partial charge in [0.05, 0.1) is 11.0 Å². The van der Waals surface area contributed by atoms with Gasteiger partial charge in [-0.15, -0.1) is 0 Å². The second kappa shape index (κ2) is 5.77. The van der Waals surface area contributed by atoms with Crippen LogP contribution in [-0.2, 0) is 6.42 Å². The fraction of sp³-hybridized carbons (Fsp3) is 0.385. The molecular formula is C13H18N2OS. The zero-order chi connectivity index (χ0) is 13.0. The predicted molar refractivity (Wildman–Crippen MR) is 74.2 cm³/mol. The van der Waals surface area contributed by atoms with Crippen molar-refractivity contribution in [3.05, 3.63) is 35.4 Å². The molecule has 1 amide bonds. The fourth-order valence-corrected chi connectivity index (χ4v) is 1.61. The number of hydrogen-bond acceptors (Lipinski definition) is 2. The number of amides is 1. The highest BCUT2D eigenvalue weighted by Gasteiger charge is 2.18.